The maximum atomic E-state index is 11.8. The van der Waals surface area contributed by atoms with Crippen LogP contribution in [0.5, 0.6) is 0 Å². The lowest BCUT2D eigenvalue weighted by Crippen LogP contribution is -2.27. The zero-order valence-corrected chi connectivity index (χ0v) is 10.4. The van der Waals surface area contributed by atoms with Crippen molar-refractivity contribution in [3.8, 4) is 0 Å². The Bertz CT molecular complexity index is 413. The monoisotopic (exact) mass is 236 g/mol. The summed E-state index contributed by atoms with van der Waals surface area (Å²) in [6.07, 6.45) is 3.01. The molecule has 2 atom stereocenters. The van der Waals surface area contributed by atoms with Crippen LogP contribution in [0.2, 0.25) is 0 Å². The van der Waals surface area contributed by atoms with Crippen molar-refractivity contribution in [1.82, 2.24) is 15.5 Å². The van der Waals surface area contributed by atoms with Crippen LogP contribution in [0.1, 0.15) is 42.9 Å². The van der Waals surface area contributed by atoms with Gasteiger partial charge < -0.3 is 11.1 Å². The summed E-state index contributed by atoms with van der Waals surface area (Å²) in [5, 5.41) is 9.71. The number of anilines is 1. The van der Waals surface area contributed by atoms with Crippen molar-refractivity contribution in [3.05, 3.63) is 11.4 Å². The standard InChI is InChI=1S/C12H20N4O/c1-3-4-9-10(13)11(16-15-9)12(17)14-6-8-5-7(8)2/h7-8H,3-6,13H2,1-2H3,(H,14,17)(H,15,16). The molecule has 1 heterocycles. The molecule has 1 aromatic rings. The maximum Gasteiger partial charge on any atom is 0.273 e. The first kappa shape index (κ1) is 12.0. The molecule has 5 heteroatoms. The topological polar surface area (TPSA) is 83.8 Å². The summed E-state index contributed by atoms with van der Waals surface area (Å²) in [5.41, 5.74) is 7.57. The van der Waals surface area contributed by atoms with Gasteiger partial charge in [-0.1, -0.05) is 20.3 Å². The van der Waals surface area contributed by atoms with Gasteiger partial charge in [0.25, 0.3) is 5.91 Å². The third-order valence-electron chi connectivity index (χ3n) is 3.40. The molecule has 0 aromatic carbocycles. The lowest BCUT2D eigenvalue weighted by atomic mass is 10.2. The molecule has 1 saturated carbocycles. The van der Waals surface area contributed by atoms with E-state index in [0.717, 1.165) is 31.0 Å². The van der Waals surface area contributed by atoms with E-state index in [2.05, 4.69) is 29.4 Å². The highest BCUT2D eigenvalue weighted by molar-refractivity contribution is 5.97. The van der Waals surface area contributed by atoms with E-state index in [-0.39, 0.29) is 5.91 Å². The zero-order valence-electron chi connectivity index (χ0n) is 10.4. The lowest BCUT2D eigenvalue weighted by Gasteiger charge is -2.02. The molecule has 1 aliphatic rings. The Hall–Kier alpha value is -1.52. The molecular formula is C12H20N4O. The Morgan fingerprint density at radius 2 is 2.35 bits per heavy atom. The summed E-state index contributed by atoms with van der Waals surface area (Å²) >= 11 is 0. The van der Waals surface area contributed by atoms with Crippen molar-refractivity contribution in [1.29, 1.82) is 0 Å². The average Bonchev–Trinajstić information content (AvgIpc) is 2.89. The Balaban J connectivity index is 1.93. The van der Waals surface area contributed by atoms with Gasteiger partial charge in [-0.25, -0.2) is 0 Å². The number of nitrogens with two attached hydrogens (primary N) is 1. The molecule has 94 valence electrons. The summed E-state index contributed by atoms with van der Waals surface area (Å²) in [4.78, 5) is 11.8. The van der Waals surface area contributed by atoms with Gasteiger partial charge in [0.15, 0.2) is 5.69 Å². The molecule has 5 nitrogen and oxygen atoms in total. The number of nitrogens with zero attached hydrogens (tertiary/aromatic N) is 1. The van der Waals surface area contributed by atoms with E-state index in [1.54, 1.807) is 0 Å². The number of aryl methyl sites for hydroxylation is 1. The number of nitrogens with one attached hydrogen (secondary N) is 2. The number of H-pyrrole nitrogens is 1. The van der Waals surface area contributed by atoms with Gasteiger partial charge in [-0.05, 0) is 24.7 Å². The van der Waals surface area contributed by atoms with Crippen LogP contribution in [-0.4, -0.2) is 22.6 Å². The molecular weight excluding hydrogens is 216 g/mol. The quantitative estimate of drug-likeness (QED) is 0.721. The summed E-state index contributed by atoms with van der Waals surface area (Å²) in [7, 11) is 0. The van der Waals surface area contributed by atoms with E-state index in [4.69, 9.17) is 5.73 Å². The van der Waals surface area contributed by atoms with Gasteiger partial charge in [-0.2, -0.15) is 5.10 Å². The predicted octanol–water partition coefficient (Wildman–Crippen LogP) is 1.33. The first-order valence-electron chi connectivity index (χ1n) is 6.24. The largest absolute Gasteiger partial charge is 0.395 e. The molecule has 0 spiro atoms. The van der Waals surface area contributed by atoms with Crippen molar-refractivity contribution in [2.45, 2.75) is 33.1 Å². The van der Waals surface area contributed by atoms with Gasteiger partial charge in [-0.3, -0.25) is 9.89 Å². The fourth-order valence-corrected chi connectivity index (χ4v) is 1.99. The predicted molar refractivity (Wildman–Crippen MR) is 66.6 cm³/mol. The van der Waals surface area contributed by atoms with Crippen molar-refractivity contribution >= 4 is 11.6 Å². The van der Waals surface area contributed by atoms with Crippen molar-refractivity contribution < 1.29 is 4.79 Å². The smallest absolute Gasteiger partial charge is 0.273 e. The van der Waals surface area contributed by atoms with E-state index in [0.29, 0.717) is 17.3 Å². The van der Waals surface area contributed by atoms with E-state index in [1.807, 2.05) is 0 Å². The number of hydrogen-bond donors (Lipinski definition) is 3. The minimum atomic E-state index is -0.166. The summed E-state index contributed by atoms with van der Waals surface area (Å²) < 4.78 is 0. The highest BCUT2D eigenvalue weighted by Gasteiger charge is 2.32. The van der Waals surface area contributed by atoms with Gasteiger partial charge in [-0.15, -0.1) is 0 Å². The fraction of sp³-hybridized carbons (Fsp3) is 0.667. The molecule has 1 amide bonds. The van der Waals surface area contributed by atoms with E-state index in [1.165, 1.54) is 6.42 Å². The third kappa shape index (κ3) is 2.60. The molecule has 0 bridgehead atoms. The van der Waals surface area contributed by atoms with E-state index < -0.39 is 0 Å². The van der Waals surface area contributed by atoms with Crippen molar-refractivity contribution in [2.75, 3.05) is 12.3 Å². The molecule has 0 aliphatic heterocycles. The highest BCUT2D eigenvalue weighted by atomic mass is 16.1. The van der Waals surface area contributed by atoms with Gasteiger partial charge in [0.2, 0.25) is 0 Å². The van der Waals surface area contributed by atoms with Crippen LogP contribution in [0.4, 0.5) is 5.69 Å². The van der Waals surface area contributed by atoms with Gasteiger partial charge in [0, 0.05) is 6.54 Å². The second kappa shape index (κ2) is 4.77. The Morgan fingerprint density at radius 1 is 1.65 bits per heavy atom. The molecule has 4 N–H and O–H groups in total. The molecule has 0 radical (unpaired) electrons. The fourth-order valence-electron chi connectivity index (χ4n) is 1.99. The first-order chi connectivity index (χ1) is 8.13. The lowest BCUT2D eigenvalue weighted by molar-refractivity contribution is 0.0947. The van der Waals surface area contributed by atoms with Crippen LogP contribution >= 0.6 is 0 Å². The average molecular weight is 236 g/mol. The third-order valence-corrected chi connectivity index (χ3v) is 3.40. The minimum absolute atomic E-state index is 0.166. The van der Waals surface area contributed by atoms with Crippen LogP contribution in [0.15, 0.2) is 0 Å². The molecule has 1 aliphatic carbocycles. The van der Waals surface area contributed by atoms with E-state index in [9.17, 15) is 4.79 Å². The van der Waals surface area contributed by atoms with E-state index >= 15 is 0 Å². The van der Waals surface area contributed by atoms with Crippen LogP contribution < -0.4 is 11.1 Å². The zero-order chi connectivity index (χ0) is 12.4. The second-order valence-electron chi connectivity index (χ2n) is 4.90. The summed E-state index contributed by atoms with van der Waals surface area (Å²) in [6, 6.07) is 0. The molecule has 0 saturated heterocycles. The number of carbonyl (C=O) groups excluding carboxylic acids is 1. The number of carbonyl (C=O) groups is 1. The SMILES string of the molecule is CCCc1[nH]nc(C(=O)NCC2CC2C)c1N. The minimum Gasteiger partial charge on any atom is -0.395 e. The Labute approximate surface area is 101 Å². The normalized spacial score (nSPS) is 22.5. The second-order valence-corrected chi connectivity index (χ2v) is 4.90. The number of hydrogen-bond acceptors (Lipinski definition) is 3. The Kier molecular flexibility index (Phi) is 3.36. The van der Waals surface area contributed by atoms with Crippen LogP contribution in [0.3, 0.4) is 0 Å². The number of nitrogen functional groups attached to an aromatic ring is 1. The Morgan fingerprint density at radius 3 is 2.94 bits per heavy atom. The summed E-state index contributed by atoms with van der Waals surface area (Å²) in [6.45, 7) is 4.99. The molecule has 2 unspecified atom stereocenters. The number of rotatable bonds is 5. The van der Waals surface area contributed by atoms with Gasteiger partial charge in [0.1, 0.15) is 0 Å². The number of aromatic amines is 1. The molecule has 2 rings (SSSR count). The first-order valence-corrected chi connectivity index (χ1v) is 6.24. The van der Waals surface area contributed by atoms with Crippen molar-refractivity contribution in [3.63, 3.8) is 0 Å². The van der Waals surface area contributed by atoms with Gasteiger partial charge in [0.05, 0.1) is 11.4 Å². The van der Waals surface area contributed by atoms with Crippen LogP contribution in [0, 0.1) is 11.8 Å². The summed E-state index contributed by atoms with van der Waals surface area (Å²) in [5.74, 6) is 1.21. The molecule has 1 fully saturated rings. The number of amides is 1. The van der Waals surface area contributed by atoms with Crippen molar-refractivity contribution in [2.24, 2.45) is 11.8 Å². The van der Waals surface area contributed by atoms with Crippen LogP contribution in [0.25, 0.3) is 0 Å². The highest BCUT2D eigenvalue weighted by Crippen LogP contribution is 2.36. The number of aromatic nitrogens is 2. The molecule has 1 aromatic heterocycles. The molecule has 17 heavy (non-hydrogen) atoms. The maximum absolute atomic E-state index is 11.8. The van der Waals surface area contributed by atoms with Gasteiger partial charge >= 0.3 is 0 Å². The van der Waals surface area contributed by atoms with Crippen LogP contribution in [-0.2, 0) is 6.42 Å².